The van der Waals surface area contributed by atoms with Gasteiger partial charge in [0.25, 0.3) is 11.8 Å². The SMILES string of the molecule is COc1ccccc1Oc1c(OCCO)cc(C(=O)N2CCCCC2)cc1C(N)=O. The van der Waals surface area contributed by atoms with Crippen molar-refractivity contribution in [2.75, 3.05) is 33.4 Å². The third kappa shape index (κ3) is 4.83. The highest BCUT2D eigenvalue weighted by Gasteiger charge is 2.25. The summed E-state index contributed by atoms with van der Waals surface area (Å²) in [5.74, 6) is 0.0557. The zero-order valence-electron chi connectivity index (χ0n) is 16.9. The molecule has 8 nitrogen and oxygen atoms in total. The fraction of sp³-hybridized carbons (Fsp3) is 0.364. The Bertz CT molecular complexity index is 908. The number of para-hydroxylation sites is 2. The molecular weight excluding hydrogens is 388 g/mol. The number of carbonyl (C=O) groups is 2. The van der Waals surface area contributed by atoms with Gasteiger partial charge in [0.05, 0.1) is 19.3 Å². The molecule has 0 unspecified atom stereocenters. The Hall–Kier alpha value is -3.26. The average molecular weight is 414 g/mol. The van der Waals surface area contributed by atoms with E-state index >= 15 is 0 Å². The summed E-state index contributed by atoms with van der Waals surface area (Å²) >= 11 is 0. The van der Waals surface area contributed by atoms with E-state index in [-0.39, 0.29) is 41.7 Å². The van der Waals surface area contributed by atoms with Gasteiger partial charge in [-0.1, -0.05) is 12.1 Å². The number of carbonyl (C=O) groups excluding carboxylic acids is 2. The molecule has 0 aromatic heterocycles. The average Bonchev–Trinajstić information content (AvgIpc) is 2.78. The van der Waals surface area contributed by atoms with Crippen LogP contribution in [0.2, 0.25) is 0 Å². The third-order valence-corrected chi connectivity index (χ3v) is 4.84. The Kier molecular flexibility index (Phi) is 7.13. The summed E-state index contributed by atoms with van der Waals surface area (Å²) in [5.41, 5.74) is 5.90. The predicted molar refractivity (Wildman–Crippen MR) is 110 cm³/mol. The van der Waals surface area contributed by atoms with E-state index in [9.17, 15) is 14.7 Å². The lowest BCUT2D eigenvalue weighted by Crippen LogP contribution is -2.35. The fourth-order valence-electron chi connectivity index (χ4n) is 3.37. The molecule has 3 N–H and O–H groups in total. The number of ether oxygens (including phenoxy) is 3. The lowest BCUT2D eigenvalue weighted by molar-refractivity contribution is 0.0723. The van der Waals surface area contributed by atoms with Crippen molar-refractivity contribution in [2.45, 2.75) is 19.3 Å². The maximum Gasteiger partial charge on any atom is 0.254 e. The lowest BCUT2D eigenvalue weighted by atomic mass is 10.0. The monoisotopic (exact) mass is 414 g/mol. The highest BCUT2D eigenvalue weighted by molar-refractivity contribution is 6.02. The zero-order chi connectivity index (χ0) is 21.5. The number of nitrogens with zero attached hydrogens (tertiary/aromatic N) is 1. The van der Waals surface area contributed by atoms with E-state index in [1.54, 1.807) is 29.2 Å². The number of aliphatic hydroxyl groups excluding tert-OH is 1. The topological polar surface area (TPSA) is 111 Å². The van der Waals surface area contributed by atoms with Gasteiger partial charge >= 0.3 is 0 Å². The second-order valence-corrected chi connectivity index (χ2v) is 6.89. The van der Waals surface area contributed by atoms with Crippen LogP contribution in [0.1, 0.15) is 40.0 Å². The van der Waals surface area contributed by atoms with Crippen LogP contribution in [0.3, 0.4) is 0 Å². The van der Waals surface area contributed by atoms with Crippen molar-refractivity contribution in [1.82, 2.24) is 4.90 Å². The standard InChI is InChI=1S/C22H26N2O6/c1-28-17-7-3-4-8-18(17)30-20-16(21(23)26)13-15(14-19(20)29-12-11-25)22(27)24-9-5-2-6-10-24/h3-4,7-8,13-14,25H,2,5-6,9-12H2,1H3,(H2,23,26). The van der Waals surface area contributed by atoms with Crippen LogP contribution < -0.4 is 19.9 Å². The molecule has 1 fully saturated rings. The van der Waals surface area contributed by atoms with Crippen molar-refractivity contribution in [3.8, 4) is 23.0 Å². The number of rotatable bonds is 8. The first-order chi connectivity index (χ1) is 14.5. The van der Waals surface area contributed by atoms with Gasteiger partial charge in [-0.2, -0.15) is 0 Å². The molecule has 1 saturated heterocycles. The number of methoxy groups -OCH3 is 1. The largest absolute Gasteiger partial charge is 0.493 e. The number of benzene rings is 2. The number of primary amides is 1. The molecule has 8 heteroatoms. The minimum absolute atomic E-state index is 0.0108. The van der Waals surface area contributed by atoms with Crippen LogP contribution in [0.15, 0.2) is 36.4 Å². The second-order valence-electron chi connectivity index (χ2n) is 6.89. The summed E-state index contributed by atoms with van der Waals surface area (Å²) in [5, 5.41) is 9.20. The van der Waals surface area contributed by atoms with Crippen LogP contribution in [0, 0.1) is 0 Å². The summed E-state index contributed by atoms with van der Waals surface area (Å²) < 4.78 is 16.8. The van der Waals surface area contributed by atoms with E-state index < -0.39 is 5.91 Å². The molecule has 1 aliphatic heterocycles. The summed E-state index contributed by atoms with van der Waals surface area (Å²) in [7, 11) is 1.50. The van der Waals surface area contributed by atoms with Crippen molar-refractivity contribution in [2.24, 2.45) is 5.73 Å². The van der Waals surface area contributed by atoms with Crippen molar-refractivity contribution >= 4 is 11.8 Å². The van der Waals surface area contributed by atoms with Gasteiger partial charge in [-0.25, -0.2) is 0 Å². The van der Waals surface area contributed by atoms with Crippen LogP contribution >= 0.6 is 0 Å². The molecule has 0 bridgehead atoms. The quantitative estimate of drug-likeness (QED) is 0.687. The van der Waals surface area contributed by atoms with Crippen molar-refractivity contribution in [1.29, 1.82) is 0 Å². The molecule has 0 aliphatic carbocycles. The van der Waals surface area contributed by atoms with Crippen LogP contribution in [0.4, 0.5) is 0 Å². The molecule has 0 spiro atoms. The maximum atomic E-state index is 13.0. The van der Waals surface area contributed by atoms with Gasteiger partial charge in [0, 0.05) is 18.7 Å². The summed E-state index contributed by atoms with van der Waals surface area (Å²) in [4.78, 5) is 27.0. The molecule has 30 heavy (non-hydrogen) atoms. The van der Waals surface area contributed by atoms with Crippen LogP contribution in [0.25, 0.3) is 0 Å². The van der Waals surface area contributed by atoms with Gasteiger partial charge in [0.2, 0.25) is 0 Å². The van der Waals surface area contributed by atoms with Gasteiger partial charge in [0.1, 0.15) is 6.61 Å². The Morgan fingerprint density at radius 1 is 1.07 bits per heavy atom. The normalized spacial score (nSPS) is 13.6. The molecule has 0 saturated carbocycles. The minimum Gasteiger partial charge on any atom is -0.493 e. The predicted octanol–water partition coefficient (Wildman–Crippen LogP) is 2.58. The Balaban J connectivity index is 2.05. The second kappa shape index (κ2) is 9.98. The molecule has 2 aromatic rings. The molecule has 1 heterocycles. The van der Waals surface area contributed by atoms with Crippen molar-refractivity contribution < 1.29 is 28.9 Å². The Morgan fingerprint density at radius 2 is 1.77 bits per heavy atom. The fourth-order valence-corrected chi connectivity index (χ4v) is 3.37. The minimum atomic E-state index is -0.762. The number of likely N-dealkylation sites (tertiary alicyclic amines) is 1. The summed E-state index contributed by atoms with van der Waals surface area (Å²) in [6.07, 6.45) is 2.97. The number of amides is 2. The summed E-state index contributed by atoms with van der Waals surface area (Å²) in [6.45, 7) is 1.04. The smallest absolute Gasteiger partial charge is 0.254 e. The maximum absolute atomic E-state index is 13.0. The van der Waals surface area contributed by atoms with Crippen molar-refractivity contribution in [3.63, 3.8) is 0 Å². The summed E-state index contributed by atoms with van der Waals surface area (Å²) in [6, 6.07) is 9.86. The molecule has 3 rings (SSSR count). The van der Waals surface area contributed by atoms with E-state index in [1.807, 2.05) is 0 Å². The number of hydrogen-bond acceptors (Lipinski definition) is 6. The number of aliphatic hydroxyl groups is 1. The van der Waals surface area contributed by atoms with Gasteiger partial charge in [-0.05, 0) is 43.5 Å². The number of hydrogen-bond donors (Lipinski definition) is 2. The molecule has 2 aromatic carbocycles. The van der Waals surface area contributed by atoms with E-state index in [2.05, 4.69) is 0 Å². The lowest BCUT2D eigenvalue weighted by Gasteiger charge is -2.27. The number of piperidine rings is 1. The van der Waals surface area contributed by atoms with Gasteiger partial charge in [-0.15, -0.1) is 0 Å². The van der Waals surface area contributed by atoms with Gasteiger partial charge in [-0.3, -0.25) is 9.59 Å². The Morgan fingerprint density at radius 3 is 2.40 bits per heavy atom. The van der Waals surface area contributed by atoms with E-state index in [0.29, 0.717) is 24.6 Å². The molecule has 1 aliphatic rings. The van der Waals surface area contributed by atoms with E-state index in [0.717, 1.165) is 19.3 Å². The highest BCUT2D eigenvalue weighted by Crippen LogP contribution is 2.40. The molecule has 0 atom stereocenters. The highest BCUT2D eigenvalue weighted by atomic mass is 16.5. The first-order valence-electron chi connectivity index (χ1n) is 9.86. The van der Waals surface area contributed by atoms with Crippen molar-refractivity contribution in [3.05, 3.63) is 47.5 Å². The first-order valence-corrected chi connectivity index (χ1v) is 9.86. The van der Waals surface area contributed by atoms with Crippen LogP contribution in [0.5, 0.6) is 23.0 Å². The third-order valence-electron chi connectivity index (χ3n) is 4.84. The van der Waals surface area contributed by atoms with E-state index in [1.165, 1.54) is 19.2 Å². The molecular formula is C22H26N2O6. The zero-order valence-corrected chi connectivity index (χ0v) is 16.9. The van der Waals surface area contributed by atoms with Crippen LogP contribution in [-0.4, -0.2) is 55.2 Å². The number of nitrogens with two attached hydrogens (primary N) is 1. The molecule has 160 valence electrons. The Labute approximate surface area is 175 Å². The molecule has 0 radical (unpaired) electrons. The van der Waals surface area contributed by atoms with Crippen LogP contribution in [-0.2, 0) is 0 Å². The van der Waals surface area contributed by atoms with Gasteiger partial charge in [0.15, 0.2) is 23.0 Å². The van der Waals surface area contributed by atoms with E-state index in [4.69, 9.17) is 19.9 Å². The molecule has 2 amide bonds. The van der Waals surface area contributed by atoms with Gasteiger partial charge < -0.3 is 30.0 Å². The first kappa shape index (κ1) is 21.4.